The van der Waals surface area contributed by atoms with Gasteiger partial charge in [-0.2, -0.15) is 13.1 Å². The predicted octanol–water partition coefficient (Wildman–Crippen LogP) is 4.72. The number of rotatable bonds is 7. The van der Waals surface area contributed by atoms with E-state index in [9.17, 15) is 17.6 Å². The van der Waals surface area contributed by atoms with Crippen LogP contribution in [0.5, 0.6) is 0 Å². The largest absolute Gasteiger partial charge is 0.331 e. The summed E-state index contributed by atoms with van der Waals surface area (Å²) < 4.78 is 43.6. The van der Waals surface area contributed by atoms with Gasteiger partial charge in [0.25, 0.3) is 10.2 Å². The highest BCUT2D eigenvalue weighted by Gasteiger charge is 2.41. The molecule has 37 heavy (non-hydrogen) atoms. The Morgan fingerprint density at radius 1 is 1.14 bits per heavy atom. The van der Waals surface area contributed by atoms with Gasteiger partial charge in [0.05, 0.1) is 5.69 Å². The summed E-state index contributed by atoms with van der Waals surface area (Å²) in [5.74, 6) is -0.341. The molecule has 2 aromatic rings. The molecule has 4 rings (SSSR count). The van der Waals surface area contributed by atoms with Gasteiger partial charge >= 0.3 is 0 Å². The van der Waals surface area contributed by atoms with Gasteiger partial charge in [-0.3, -0.25) is 14.4 Å². The topological polar surface area (TPSA) is 81.8 Å². The van der Waals surface area contributed by atoms with Gasteiger partial charge in [0.1, 0.15) is 5.82 Å². The summed E-state index contributed by atoms with van der Waals surface area (Å²) in [4.78, 5) is 17.5. The van der Waals surface area contributed by atoms with Crippen LogP contribution in [0.3, 0.4) is 0 Å². The fourth-order valence-electron chi connectivity index (χ4n) is 5.08. The molecule has 1 amide bonds. The number of amides is 1. The Morgan fingerprint density at radius 3 is 2.35 bits per heavy atom. The number of hydrogen-bond donors (Lipinski definition) is 2. The summed E-state index contributed by atoms with van der Waals surface area (Å²) in [6, 6.07) is 10.1. The number of benzene rings is 2. The summed E-state index contributed by atoms with van der Waals surface area (Å²) in [6.45, 7) is 9.33. The number of aryl methyl sites for hydroxylation is 1. The third-order valence-electron chi connectivity index (χ3n) is 6.55. The van der Waals surface area contributed by atoms with Crippen molar-refractivity contribution in [2.45, 2.75) is 64.7 Å². The molecule has 2 unspecified atom stereocenters. The Labute approximate surface area is 223 Å². The van der Waals surface area contributed by atoms with E-state index in [2.05, 4.69) is 14.3 Å². The predicted molar refractivity (Wildman–Crippen MR) is 146 cm³/mol. The van der Waals surface area contributed by atoms with E-state index in [1.165, 1.54) is 18.2 Å². The Balaban J connectivity index is 1.47. The molecule has 0 aromatic heterocycles. The monoisotopic (exact) mass is 548 g/mol. The molecule has 7 nitrogen and oxygen atoms in total. The maximum Gasteiger partial charge on any atom is 0.299 e. The Bertz CT molecular complexity index is 1280. The standard InChI is InChI=1S/C27H34ClFN4O3S/c1-18-13-20(25(14-24(18)28)30-37(35,36)31-27(2,3)4)7-12-26(34)33-22-10-11-23(33)17-32(16-22)15-19-5-8-21(29)9-6-19/h5-9,12-14,22-23,30-31H,10-11,15-17H2,1-4H3. The molecule has 200 valence electrons. The summed E-state index contributed by atoms with van der Waals surface area (Å²) in [5, 5.41) is 0.423. The number of hydrogen-bond acceptors (Lipinski definition) is 4. The minimum absolute atomic E-state index is 0.0943. The first-order valence-electron chi connectivity index (χ1n) is 12.4. The van der Waals surface area contributed by atoms with E-state index in [0.717, 1.165) is 43.6 Å². The molecule has 2 heterocycles. The van der Waals surface area contributed by atoms with Gasteiger partial charge in [-0.25, -0.2) is 4.39 Å². The first-order valence-corrected chi connectivity index (χ1v) is 14.2. The van der Waals surface area contributed by atoms with Gasteiger partial charge < -0.3 is 4.90 Å². The third kappa shape index (κ3) is 7.10. The average molecular weight is 549 g/mol. The second kappa shape index (κ2) is 10.7. The molecule has 2 N–H and O–H groups in total. The number of carbonyl (C=O) groups excluding carboxylic acids is 1. The van der Waals surface area contributed by atoms with Crippen molar-refractivity contribution in [2.24, 2.45) is 0 Å². The van der Waals surface area contributed by atoms with Crippen LogP contribution < -0.4 is 9.44 Å². The van der Waals surface area contributed by atoms with Crippen LogP contribution in [0.2, 0.25) is 5.02 Å². The van der Waals surface area contributed by atoms with Crippen LogP contribution in [0.25, 0.3) is 6.08 Å². The van der Waals surface area contributed by atoms with E-state index in [-0.39, 0.29) is 23.8 Å². The molecule has 2 saturated heterocycles. The molecular weight excluding hydrogens is 515 g/mol. The van der Waals surface area contributed by atoms with Crippen LogP contribution >= 0.6 is 11.6 Å². The van der Waals surface area contributed by atoms with E-state index in [0.29, 0.717) is 16.3 Å². The van der Waals surface area contributed by atoms with Gasteiger partial charge in [-0.15, -0.1) is 0 Å². The maximum atomic E-state index is 13.3. The van der Waals surface area contributed by atoms with Crippen molar-refractivity contribution in [2.75, 3.05) is 17.8 Å². The number of fused-ring (bicyclic) bond motifs is 2. The van der Waals surface area contributed by atoms with Gasteiger partial charge in [0.2, 0.25) is 5.91 Å². The number of likely N-dealkylation sites (tertiary alicyclic amines) is 1. The summed E-state index contributed by atoms with van der Waals surface area (Å²) >= 11 is 6.28. The minimum Gasteiger partial charge on any atom is -0.331 e. The summed E-state index contributed by atoms with van der Waals surface area (Å²) in [5.41, 5.74) is 2.01. The lowest BCUT2D eigenvalue weighted by molar-refractivity contribution is -0.131. The van der Waals surface area contributed by atoms with Crippen molar-refractivity contribution in [1.29, 1.82) is 0 Å². The highest BCUT2D eigenvalue weighted by atomic mass is 35.5. The fourth-order valence-corrected chi connectivity index (χ4v) is 6.57. The minimum atomic E-state index is -3.86. The summed E-state index contributed by atoms with van der Waals surface area (Å²) in [7, 11) is -3.86. The fraction of sp³-hybridized carbons (Fsp3) is 0.444. The normalized spacial score (nSPS) is 20.5. The van der Waals surface area contributed by atoms with Crippen LogP contribution in [0.15, 0.2) is 42.5 Å². The molecule has 0 aliphatic carbocycles. The molecular formula is C27H34ClFN4O3S. The quantitative estimate of drug-likeness (QED) is 0.491. The van der Waals surface area contributed by atoms with Crippen LogP contribution in [0.4, 0.5) is 10.1 Å². The van der Waals surface area contributed by atoms with Crippen LogP contribution in [-0.4, -0.2) is 54.8 Å². The van der Waals surface area contributed by atoms with Gasteiger partial charge in [-0.05, 0) is 87.6 Å². The third-order valence-corrected chi connectivity index (χ3v) is 8.33. The first kappa shape index (κ1) is 27.6. The van der Waals surface area contributed by atoms with E-state index in [4.69, 9.17) is 11.6 Å². The molecule has 0 saturated carbocycles. The van der Waals surface area contributed by atoms with Gasteiger partial charge in [-0.1, -0.05) is 23.7 Å². The number of piperazine rings is 1. The second-order valence-electron chi connectivity index (χ2n) is 10.9. The van der Waals surface area contributed by atoms with Crippen LogP contribution in [0, 0.1) is 12.7 Å². The lowest BCUT2D eigenvalue weighted by Crippen LogP contribution is -2.55. The number of nitrogens with zero attached hydrogens (tertiary/aromatic N) is 2. The zero-order chi connectivity index (χ0) is 27.0. The van der Waals surface area contributed by atoms with Crippen molar-refractivity contribution < 1.29 is 17.6 Å². The second-order valence-corrected chi connectivity index (χ2v) is 12.8. The Morgan fingerprint density at radius 2 is 1.76 bits per heavy atom. The SMILES string of the molecule is Cc1cc(C=CC(=O)N2C3CCC2CN(Cc2ccc(F)cc2)C3)c(NS(=O)(=O)NC(C)(C)C)cc1Cl. The molecule has 0 spiro atoms. The summed E-state index contributed by atoms with van der Waals surface area (Å²) in [6.07, 6.45) is 5.03. The van der Waals surface area contributed by atoms with E-state index in [1.807, 2.05) is 11.8 Å². The Hall–Kier alpha value is -2.46. The molecule has 2 fully saturated rings. The molecule has 10 heteroatoms. The lowest BCUT2D eigenvalue weighted by atomic mass is 10.1. The molecule has 2 bridgehead atoms. The van der Waals surface area contributed by atoms with E-state index in [1.54, 1.807) is 51.1 Å². The van der Waals surface area contributed by atoms with Crippen molar-refractivity contribution in [3.63, 3.8) is 0 Å². The first-order chi connectivity index (χ1) is 17.3. The van der Waals surface area contributed by atoms with Crippen molar-refractivity contribution in [1.82, 2.24) is 14.5 Å². The van der Waals surface area contributed by atoms with Crippen molar-refractivity contribution in [3.8, 4) is 0 Å². The van der Waals surface area contributed by atoms with Crippen molar-refractivity contribution in [3.05, 3.63) is 70.0 Å². The molecule has 2 aromatic carbocycles. The number of nitrogens with one attached hydrogen (secondary N) is 2. The smallest absolute Gasteiger partial charge is 0.299 e. The maximum absolute atomic E-state index is 13.3. The molecule has 2 aliphatic heterocycles. The Kier molecular flexibility index (Phi) is 7.99. The number of anilines is 1. The van der Waals surface area contributed by atoms with Crippen molar-refractivity contribution >= 4 is 39.5 Å². The van der Waals surface area contributed by atoms with E-state index >= 15 is 0 Å². The molecule has 2 aliphatic rings. The highest BCUT2D eigenvalue weighted by molar-refractivity contribution is 7.90. The highest BCUT2D eigenvalue weighted by Crippen LogP contribution is 2.32. The van der Waals surface area contributed by atoms with E-state index < -0.39 is 15.7 Å². The number of halogens is 2. The average Bonchev–Trinajstić information content (AvgIpc) is 3.05. The zero-order valence-electron chi connectivity index (χ0n) is 21.6. The molecule has 2 atom stereocenters. The van der Waals surface area contributed by atoms with Crippen LogP contribution in [-0.2, 0) is 21.5 Å². The number of carbonyl (C=O) groups is 1. The zero-order valence-corrected chi connectivity index (χ0v) is 23.2. The lowest BCUT2D eigenvalue weighted by Gasteiger charge is -2.40. The van der Waals surface area contributed by atoms with Gasteiger partial charge in [0, 0.05) is 48.4 Å². The molecule has 0 radical (unpaired) electrons. The van der Waals surface area contributed by atoms with Gasteiger partial charge in [0.15, 0.2) is 0 Å². The van der Waals surface area contributed by atoms with Crippen LogP contribution in [0.1, 0.15) is 50.3 Å².